The van der Waals surface area contributed by atoms with Crippen molar-refractivity contribution >= 4 is 28.0 Å². The Bertz CT molecular complexity index is 891. The highest BCUT2D eigenvalue weighted by Crippen LogP contribution is 2.27. The second-order valence-electron chi connectivity index (χ2n) is 6.36. The van der Waals surface area contributed by atoms with Gasteiger partial charge in [-0.15, -0.1) is 0 Å². The Morgan fingerprint density at radius 2 is 1.96 bits per heavy atom. The summed E-state index contributed by atoms with van der Waals surface area (Å²) in [5, 5.41) is 20.9. The van der Waals surface area contributed by atoms with Crippen LogP contribution in [0.3, 0.4) is 0 Å². The van der Waals surface area contributed by atoms with Crippen LogP contribution >= 0.6 is 0 Å². The van der Waals surface area contributed by atoms with Crippen LogP contribution in [0.15, 0.2) is 30.5 Å². The maximum atomic E-state index is 12.7. The first-order chi connectivity index (χ1) is 11.2. The van der Waals surface area contributed by atoms with Crippen LogP contribution in [-0.2, 0) is 4.79 Å². The Hall–Kier alpha value is -3.14. The quantitative estimate of drug-likeness (QED) is 0.369. The monoisotopic (exact) mass is 325 g/mol. The minimum Gasteiger partial charge on any atom is -0.297 e. The van der Waals surface area contributed by atoms with Gasteiger partial charge in [0.05, 0.1) is 11.0 Å². The Labute approximate surface area is 138 Å². The largest absolute Gasteiger partial charge is 0.297 e. The molecule has 122 valence electrons. The zero-order valence-electron chi connectivity index (χ0n) is 13.4. The number of Topliss-reactive ketones (excluding diaryl/α,β-unsaturated/α-hetero) is 2. The van der Waals surface area contributed by atoms with Gasteiger partial charge >= 0.3 is 0 Å². The van der Waals surface area contributed by atoms with Gasteiger partial charge in [-0.3, -0.25) is 24.7 Å². The molecule has 1 heterocycles. The Morgan fingerprint density at radius 1 is 1.29 bits per heavy atom. The lowest BCUT2D eigenvalue weighted by atomic mass is 9.81. The average Bonchev–Trinajstić information content (AvgIpc) is 2.53. The molecule has 0 aliphatic carbocycles. The Morgan fingerprint density at radius 3 is 2.50 bits per heavy atom. The smallest absolute Gasteiger partial charge is 0.270 e. The van der Waals surface area contributed by atoms with Crippen molar-refractivity contribution in [2.45, 2.75) is 20.8 Å². The minimum absolute atomic E-state index is 0.0356. The maximum absolute atomic E-state index is 12.7. The predicted octanol–water partition coefficient (Wildman–Crippen LogP) is 3.08. The van der Waals surface area contributed by atoms with Crippen molar-refractivity contribution < 1.29 is 14.5 Å². The van der Waals surface area contributed by atoms with Gasteiger partial charge in [-0.1, -0.05) is 20.8 Å². The van der Waals surface area contributed by atoms with Crippen LogP contribution in [-0.4, -0.2) is 21.5 Å². The number of nitro benzene ring substituents is 1. The summed E-state index contributed by atoms with van der Waals surface area (Å²) in [6, 6.07) is 7.27. The van der Waals surface area contributed by atoms with Crippen molar-refractivity contribution in [1.82, 2.24) is 4.98 Å². The van der Waals surface area contributed by atoms with Crippen LogP contribution in [0.1, 0.15) is 31.3 Å². The lowest BCUT2D eigenvalue weighted by Gasteiger charge is -2.19. The van der Waals surface area contributed by atoms with Crippen molar-refractivity contribution in [3.63, 3.8) is 0 Å². The van der Waals surface area contributed by atoms with Gasteiger partial charge < -0.3 is 0 Å². The number of nitriles is 1. The number of carbonyl (C=O) groups excluding carboxylic acids is 2. The molecule has 7 heteroatoms. The van der Waals surface area contributed by atoms with E-state index in [1.165, 1.54) is 30.5 Å². The van der Waals surface area contributed by atoms with Crippen molar-refractivity contribution in [3.05, 3.63) is 46.3 Å². The van der Waals surface area contributed by atoms with Crippen LogP contribution in [0.2, 0.25) is 0 Å². The number of nitrogens with zero attached hydrogens (tertiary/aromatic N) is 3. The third-order valence-electron chi connectivity index (χ3n) is 3.58. The molecule has 24 heavy (non-hydrogen) atoms. The minimum atomic E-state index is -1.46. The van der Waals surface area contributed by atoms with Gasteiger partial charge in [0.2, 0.25) is 5.78 Å². The van der Waals surface area contributed by atoms with Gasteiger partial charge in [0.15, 0.2) is 11.7 Å². The molecule has 1 atom stereocenters. The number of aromatic nitrogens is 1. The SMILES string of the molecule is CC(C)(C)C(=O)C(C#N)C(=O)c1nccc2cc([N+](=O)[O-])ccc12. The van der Waals surface area contributed by atoms with Gasteiger partial charge in [0.25, 0.3) is 5.69 Å². The second kappa shape index (κ2) is 6.16. The molecule has 0 N–H and O–H groups in total. The number of ketones is 2. The molecule has 0 radical (unpaired) electrons. The zero-order valence-corrected chi connectivity index (χ0v) is 13.4. The fourth-order valence-corrected chi connectivity index (χ4v) is 2.28. The number of nitro groups is 1. The standard InChI is InChI=1S/C17H15N3O4/c1-17(2,3)16(22)13(9-18)15(21)14-12-5-4-11(20(23)24)8-10(12)6-7-19-14/h4-8,13H,1-3H3. The normalized spacial score (nSPS) is 12.4. The van der Waals surface area contributed by atoms with E-state index in [0.717, 1.165) is 0 Å². The summed E-state index contributed by atoms with van der Waals surface area (Å²) in [7, 11) is 0. The van der Waals surface area contributed by atoms with E-state index in [2.05, 4.69) is 4.98 Å². The van der Waals surface area contributed by atoms with Crippen LogP contribution in [0.5, 0.6) is 0 Å². The van der Waals surface area contributed by atoms with Gasteiger partial charge in [0, 0.05) is 29.1 Å². The molecule has 7 nitrogen and oxygen atoms in total. The molecular formula is C17H15N3O4. The molecule has 0 amide bonds. The summed E-state index contributed by atoms with van der Waals surface area (Å²) in [6.45, 7) is 4.90. The molecule has 1 aromatic carbocycles. The third-order valence-corrected chi connectivity index (χ3v) is 3.58. The molecular weight excluding hydrogens is 310 g/mol. The molecule has 0 bridgehead atoms. The van der Waals surface area contributed by atoms with Crippen LogP contribution < -0.4 is 0 Å². The van der Waals surface area contributed by atoms with Crippen molar-refractivity contribution in [3.8, 4) is 6.07 Å². The molecule has 0 saturated heterocycles. The molecule has 0 spiro atoms. The molecule has 0 saturated carbocycles. The summed E-state index contributed by atoms with van der Waals surface area (Å²) in [5.74, 6) is -2.65. The summed E-state index contributed by atoms with van der Waals surface area (Å²) in [5.41, 5.74) is -0.999. The average molecular weight is 325 g/mol. The first-order valence-electron chi connectivity index (χ1n) is 7.18. The number of non-ortho nitro benzene ring substituents is 1. The highest BCUT2D eigenvalue weighted by Gasteiger charge is 2.36. The molecule has 0 fully saturated rings. The number of benzene rings is 1. The van der Waals surface area contributed by atoms with Gasteiger partial charge in [-0.25, -0.2) is 0 Å². The second-order valence-corrected chi connectivity index (χ2v) is 6.36. The van der Waals surface area contributed by atoms with Gasteiger partial charge in [-0.05, 0) is 17.5 Å². The van der Waals surface area contributed by atoms with E-state index in [9.17, 15) is 25.0 Å². The number of hydrogen-bond donors (Lipinski definition) is 0. The Balaban J connectivity index is 2.56. The van der Waals surface area contributed by atoms with E-state index in [0.29, 0.717) is 10.8 Å². The fourth-order valence-electron chi connectivity index (χ4n) is 2.28. The van der Waals surface area contributed by atoms with E-state index >= 15 is 0 Å². The number of carbonyl (C=O) groups is 2. The number of rotatable bonds is 4. The van der Waals surface area contributed by atoms with Crippen molar-refractivity contribution in [1.29, 1.82) is 5.26 Å². The summed E-state index contributed by atoms with van der Waals surface area (Å²) >= 11 is 0. The number of hydrogen-bond acceptors (Lipinski definition) is 6. The maximum Gasteiger partial charge on any atom is 0.270 e. The van der Waals surface area contributed by atoms with Crippen LogP contribution in [0.25, 0.3) is 10.8 Å². The van der Waals surface area contributed by atoms with E-state index in [-0.39, 0.29) is 11.4 Å². The molecule has 1 unspecified atom stereocenters. The summed E-state index contributed by atoms with van der Waals surface area (Å²) in [6.07, 6.45) is 1.33. The molecule has 2 rings (SSSR count). The molecule has 1 aromatic heterocycles. The molecule has 0 aliphatic heterocycles. The molecule has 0 aliphatic rings. The highest BCUT2D eigenvalue weighted by molar-refractivity contribution is 6.17. The predicted molar refractivity (Wildman–Crippen MR) is 86.3 cm³/mol. The summed E-state index contributed by atoms with van der Waals surface area (Å²) < 4.78 is 0. The van der Waals surface area contributed by atoms with E-state index in [4.69, 9.17) is 0 Å². The van der Waals surface area contributed by atoms with E-state index < -0.39 is 27.8 Å². The van der Waals surface area contributed by atoms with Crippen LogP contribution in [0, 0.1) is 32.8 Å². The third kappa shape index (κ3) is 3.13. The van der Waals surface area contributed by atoms with E-state index in [1.807, 2.05) is 0 Å². The number of pyridine rings is 1. The fraction of sp³-hybridized carbons (Fsp3) is 0.294. The zero-order chi connectivity index (χ0) is 18.1. The van der Waals surface area contributed by atoms with Crippen LogP contribution in [0.4, 0.5) is 5.69 Å². The van der Waals surface area contributed by atoms with E-state index in [1.54, 1.807) is 26.8 Å². The van der Waals surface area contributed by atoms with Gasteiger partial charge in [-0.2, -0.15) is 5.26 Å². The first kappa shape index (κ1) is 17.2. The lowest BCUT2D eigenvalue weighted by molar-refractivity contribution is -0.384. The molecule has 2 aromatic rings. The highest BCUT2D eigenvalue weighted by atomic mass is 16.6. The van der Waals surface area contributed by atoms with Gasteiger partial charge in [0.1, 0.15) is 5.69 Å². The summed E-state index contributed by atoms with van der Waals surface area (Å²) in [4.78, 5) is 39.3. The first-order valence-corrected chi connectivity index (χ1v) is 7.18. The van der Waals surface area contributed by atoms with Crippen molar-refractivity contribution in [2.24, 2.45) is 11.3 Å². The topological polar surface area (TPSA) is 114 Å². The van der Waals surface area contributed by atoms with Crippen molar-refractivity contribution in [2.75, 3.05) is 0 Å². The Kier molecular flexibility index (Phi) is 4.42. The lowest BCUT2D eigenvalue weighted by Crippen LogP contribution is -2.33. The number of fused-ring (bicyclic) bond motifs is 1.